The average molecular weight is 363 g/mol. The van der Waals surface area contributed by atoms with E-state index in [1.54, 1.807) is 36.5 Å². The molecule has 1 aromatic heterocycles. The van der Waals surface area contributed by atoms with Crippen LogP contribution in [0.1, 0.15) is 21.5 Å². The first kappa shape index (κ1) is 17.5. The number of amides is 1. The number of benzene rings is 2. The van der Waals surface area contributed by atoms with Gasteiger partial charge in [-0.3, -0.25) is 9.78 Å². The molecule has 0 aliphatic heterocycles. The quantitative estimate of drug-likeness (QED) is 0.691. The molecule has 2 N–H and O–H groups in total. The minimum Gasteiger partial charge on any atom is -0.354 e. The molecule has 0 atom stereocenters. The molecule has 0 fully saturated rings. The molecular weight excluding hydrogens is 348 g/mol. The van der Waals surface area contributed by atoms with Crippen LogP contribution in [0.5, 0.6) is 0 Å². The molecule has 1 heterocycles. The Hall–Kier alpha value is -3.36. The largest absolute Gasteiger partial charge is 0.354 e. The smallest absolute Gasteiger partial charge is 0.257 e. The van der Waals surface area contributed by atoms with Gasteiger partial charge in [0.1, 0.15) is 0 Å². The number of hydrogen-bond donors (Lipinski definition) is 2. The van der Waals surface area contributed by atoms with Crippen molar-refractivity contribution >= 4 is 34.6 Å². The molecule has 6 heteroatoms. The number of rotatable bonds is 4. The Morgan fingerprint density at radius 1 is 1.12 bits per heavy atom. The highest BCUT2D eigenvalue weighted by Gasteiger charge is 2.09. The van der Waals surface area contributed by atoms with E-state index in [1.807, 2.05) is 31.2 Å². The fourth-order valence-corrected chi connectivity index (χ4v) is 2.56. The second-order valence-electron chi connectivity index (χ2n) is 5.69. The van der Waals surface area contributed by atoms with Crippen LogP contribution in [-0.2, 0) is 0 Å². The first-order chi connectivity index (χ1) is 12.5. The average Bonchev–Trinajstić information content (AvgIpc) is 2.65. The van der Waals surface area contributed by atoms with E-state index in [4.69, 9.17) is 16.9 Å². The van der Waals surface area contributed by atoms with E-state index in [9.17, 15) is 4.79 Å². The van der Waals surface area contributed by atoms with Crippen molar-refractivity contribution < 1.29 is 4.79 Å². The van der Waals surface area contributed by atoms with Gasteiger partial charge in [-0.25, -0.2) is 0 Å². The van der Waals surface area contributed by atoms with Crippen LogP contribution in [-0.4, -0.2) is 10.9 Å². The summed E-state index contributed by atoms with van der Waals surface area (Å²) in [5.74, 6) is -0.306. The Morgan fingerprint density at radius 2 is 1.96 bits per heavy atom. The van der Waals surface area contributed by atoms with Crippen LogP contribution in [0, 0.1) is 18.3 Å². The van der Waals surface area contributed by atoms with E-state index in [0.717, 1.165) is 11.3 Å². The van der Waals surface area contributed by atoms with Crippen molar-refractivity contribution in [3.63, 3.8) is 0 Å². The molecule has 0 spiro atoms. The zero-order valence-corrected chi connectivity index (χ0v) is 14.7. The summed E-state index contributed by atoms with van der Waals surface area (Å²) in [5.41, 5.74) is 3.98. The number of anilines is 3. The highest BCUT2D eigenvalue weighted by molar-refractivity contribution is 6.30. The number of carbonyl (C=O) groups excluding carboxylic acids is 1. The van der Waals surface area contributed by atoms with Gasteiger partial charge in [0.15, 0.2) is 0 Å². The number of hydrogen-bond acceptors (Lipinski definition) is 4. The standard InChI is InChI=1S/C20H15ClN4O/c1-13-5-6-16(21)9-19(13)24-18-8-15(11-23-12-18)20(26)25-17-4-2-3-14(7-17)10-22/h2-9,11-12,24H,1H3,(H,25,26). The number of carbonyl (C=O) groups is 1. The van der Waals surface area contributed by atoms with Crippen molar-refractivity contribution in [2.45, 2.75) is 6.92 Å². The highest BCUT2D eigenvalue weighted by atomic mass is 35.5. The van der Waals surface area contributed by atoms with Crippen molar-refractivity contribution in [3.05, 3.63) is 82.6 Å². The summed E-state index contributed by atoms with van der Waals surface area (Å²) in [6, 6.07) is 16.0. The number of aromatic nitrogens is 1. The summed E-state index contributed by atoms with van der Waals surface area (Å²) in [6.07, 6.45) is 3.12. The molecule has 0 saturated heterocycles. The molecule has 26 heavy (non-hydrogen) atoms. The van der Waals surface area contributed by atoms with E-state index in [0.29, 0.717) is 27.5 Å². The number of halogens is 1. The summed E-state index contributed by atoms with van der Waals surface area (Å²) in [4.78, 5) is 16.6. The van der Waals surface area contributed by atoms with E-state index in [1.165, 1.54) is 6.20 Å². The monoisotopic (exact) mass is 362 g/mol. The summed E-state index contributed by atoms with van der Waals surface area (Å²) in [6.45, 7) is 1.96. The molecule has 128 valence electrons. The third-order valence-corrected chi connectivity index (χ3v) is 3.96. The van der Waals surface area contributed by atoms with E-state index < -0.39 is 0 Å². The third kappa shape index (κ3) is 4.18. The van der Waals surface area contributed by atoms with Crippen LogP contribution >= 0.6 is 11.6 Å². The summed E-state index contributed by atoms with van der Waals surface area (Å²) in [5, 5.41) is 15.5. The first-order valence-electron chi connectivity index (χ1n) is 7.85. The Morgan fingerprint density at radius 3 is 2.77 bits per heavy atom. The molecule has 5 nitrogen and oxygen atoms in total. The molecule has 3 aromatic rings. The van der Waals surface area contributed by atoms with Gasteiger partial charge in [-0.05, 0) is 48.9 Å². The molecule has 0 radical (unpaired) electrons. The maximum Gasteiger partial charge on any atom is 0.257 e. The van der Waals surface area contributed by atoms with Crippen molar-refractivity contribution in [1.29, 1.82) is 5.26 Å². The summed E-state index contributed by atoms with van der Waals surface area (Å²) < 4.78 is 0. The zero-order valence-electron chi connectivity index (χ0n) is 14.0. The van der Waals surface area contributed by atoms with Gasteiger partial charge in [-0.2, -0.15) is 5.26 Å². The lowest BCUT2D eigenvalue weighted by atomic mass is 10.2. The van der Waals surface area contributed by atoms with Gasteiger partial charge in [0.25, 0.3) is 5.91 Å². The van der Waals surface area contributed by atoms with Gasteiger partial charge >= 0.3 is 0 Å². The topological polar surface area (TPSA) is 77.8 Å². The van der Waals surface area contributed by atoms with Crippen LogP contribution in [0.25, 0.3) is 0 Å². The Labute approximate surface area is 156 Å². The van der Waals surface area contributed by atoms with Crippen LogP contribution in [0.4, 0.5) is 17.1 Å². The highest BCUT2D eigenvalue weighted by Crippen LogP contribution is 2.24. The molecular formula is C20H15ClN4O. The predicted octanol–water partition coefficient (Wildman–Crippen LogP) is 4.91. The van der Waals surface area contributed by atoms with Gasteiger partial charge in [-0.1, -0.05) is 23.7 Å². The van der Waals surface area contributed by atoms with Gasteiger partial charge < -0.3 is 10.6 Å². The zero-order chi connectivity index (χ0) is 18.5. The Bertz CT molecular complexity index is 1010. The number of aryl methyl sites for hydroxylation is 1. The fourth-order valence-electron chi connectivity index (χ4n) is 2.39. The number of nitriles is 1. The molecule has 0 saturated carbocycles. The SMILES string of the molecule is Cc1ccc(Cl)cc1Nc1cncc(C(=O)Nc2cccc(C#N)c2)c1. The second kappa shape index (κ2) is 7.68. The fraction of sp³-hybridized carbons (Fsp3) is 0.0500. The second-order valence-corrected chi connectivity index (χ2v) is 6.13. The molecule has 0 aliphatic rings. The van der Waals surface area contributed by atoms with Crippen molar-refractivity contribution in [3.8, 4) is 6.07 Å². The molecule has 0 unspecified atom stereocenters. The minimum atomic E-state index is -0.306. The minimum absolute atomic E-state index is 0.306. The molecule has 1 amide bonds. The van der Waals surface area contributed by atoms with Crippen molar-refractivity contribution in [2.75, 3.05) is 10.6 Å². The normalized spacial score (nSPS) is 10.0. The molecule has 3 rings (SSSR count). The lowest BCUT2D eigenvalue weighted by Crippen LogP contribution is -2.12. The lowest BCUT2D eigenvalue weighted by molar-refractivity contribution is 0.102. The lowest BCUT2D eigenvalue weighted by Gasteiger charge is -2.11. The first-order valence-corrected chi connectivity index (χ1v) is 8.23. The van der Waals surface area contributed by atoms with Crippen LogP contribution < -0.4 is 10.6 Å². The third-order valence-electron chi connectivity index (χ3n) is 3.73. The van der Waals surface area contributed by atoms with E-state index >= 15 is 0 Å². The van der Waals surface area contributed by atoms with Crippen LogP contribution in [0.2, 0.25) is 5.02 Å². The van der Waals surface area contributed by atoms with Crippen LogP contribution in [0.15, 0.2) is 60.9 Å². The van der Waals surface area contributed by atoms with E-state index in [-0.39, 0.29) is 5.91 Å². The molecule has 0 bridgehead atoms. The van der Waals surface area contributed by atoms with Crippen molar-refractivity contribution in [1.82, 2.24) is 4.98 Å². The molecule has 2 aromatic carbocycles. The molecule has 0 aliphatic carbocycles. The predicted molar refractivity (Wildman–Crippen MR) is 103 cm³/mol. The number of nitrogens with zero attached hydrogens (tertiary/aromatic N) is 2. The van der Waals surface area contributed by atoms with E-state index in [2.05, 4.69) is 15.6 Å². The van der Waals surface area contributed by atoms with Crippen LogP contribution in [0.3, 0.4) is 0 Å². The summed E-state index contributed by atoms with van der Waals surface area (Å²) in [7, 11) is 0. The Kier molecular flexibility index (Phi) is 5.16. The summed E-state index contributed by atoms with van der Waals surface area (Å²) >= 11 is 6.04. The van der Waals surface area contributed by atoms with Crippen molar-refractivity contribution in [2.24, 2.45) is 0 Å². The maximum atomic E-state index is 12.5. The number of pyridine rings is 1. The number of nitrogens with one attached hydrogen (secondary N) is 2. The Balaban J connectivity index is 1.79. The van der Waals surface area contributed by atoms with Gasteiger partial charge in [-0.15, -0.1) is 0 Å². The van der Waals surface area contributed by atoms with Gasteiger partial charge in [0.05, 0.1) is 29.1 Å². The van der Waals surface area contributed by atoms with Gasteiger partial charge in [0.2, 0.25) is 0 Å². The maximum absolute atomic E-state index is 12.5. The van der Waals surface area contributed by atoms with Gasteiger partial charge in [0, 0.05) is 22.6 Å².